The van der Waals surface area contributed by atoms with Crippen LogP contribution in [-0.2, 0) is 6.42 Å². The molecule has 0 fully saturated rings. The Bertz CT molecular complexity index is 795. The molecule has 2 aromatic rings. The highest BCUT2D eigenvalue weighted by Crippen LogP contribution is 2.20. The molecule has 1 unspecified atom stereocenters. The number of benzene rings is 2. The first-order valence-electron chi connectivity index (χ1n) is 10.5. The van der Waals surface area contributed by atoms with E-state index in [1.54, 1.807) is 0 Å². The monoisotopic (exact) mass is 375 g/mol. The zero-order valence-electron chi connectivity index (χ0n) is 18.6. The van der Waals surface area contributed by atoms with Gasteiger partial charge >= 0.3 is 0 Å². The summed E-state index contributed by atoms with van der Waals surface area (Å²) in [6.45, 7) is 17.5. The Balaban J connectivity index is 0.000000307. The maximum atomic E-state index is 4.54. The molecule has 0 aliphatic carbocycles. The van der Waals surface area contributed by atoms with Crippen molar-refractivity contribution in [2.45, 2.75) is 60.3 Å². The minimum absolute atomic E-state index is 0.614. The van der Waals surface area contributed by atoms with Gasteiger partial charge in [-0.3, -0.25) is 4.99 Å². The summed E-state index contributed by atoms with van der Waals surface area (Å²) in [5.74, 6) is 0.614. The first-order valence-corrected chi connectivity index (χ1v) is 10.5. The van der Waals surface area contributed by atoms with Crippen LogP contribution in [0.4, 0.5) is 0 Å². The smallest absolute Gasteiger partial charge is 0.0643 e. The maximum Gasteiger partial charge on any atom is 0.0643 e. The number of nitrogens with zero attached hydrogens (tertiary/aromatic N) is 1. The lowest BCUT2D eigenvalue weighted by Crippen LogP contribution is -2.00. The Morgan fingerprint density at radius 1 is 1.04 bits per heavy atom. The molecule has 1 heteroatoms. The number of rotatable bonds is 7. The maximum absolute atomic E-state index is 4.54. The molecule has 0 saturated carbocycles. The highest BCUT2D eigenvalue weighted by molar-refractivity contribution is 6.08. The van der Waals surface area contributed by atoms with Gasteiger partial charge in [0, 0.05) is 6.54 Å². The van der Waals surface area contributed by atoms with Crippen molar-refractivity contribution in [2.75, 3.05) is 6.54 Å². The van der Waals surface area contributed by atoms with Gasteiger partial charge in [-0.25, -0.2) is 0 Å². The predicted molar refractivity (Wildman–Crippen MR) is 128 cm³/mol. The van der Waals surface area contributed by atoms with Crippen molar-refractivity contribution in [1.29, 1.82) is 0 Å². The van der Waals surface area contributed by atoms with Gasteiger partial charge < -0.3 is 0 Å². The molecule has 0 heterocycles. The standard InChI is InChI=1S/C16H23N.C11H14/c1-5-9-16(17-7-3)15-11-8-10-14(12-15)13(4)6-2;1-4-10-6-5-7-11(8-10)9(2)3/h5,8-13H,6-7H2,1-4H3;5-8H,2,4H2,1,3H3/b9-5-,17-16?;. The third-order valence-electron chi connectivity index (χ3n) is 4.84. The van der Waals surface area contributed by atoms with Crippen LogP contribution in [0.5, 0.6) is 0 Å². The van der Waals surface area contributed by atoms with Crippen molar-refractivity contribution < 1.29 is 0 Å². The number of allylic oxidation sites excluding steroid dienone is 3. The van der Waals surface area contributed by atoms with Gasteiger partial charge in [0.25, 0.3) is 0 Å². The summed E-state index contributed by atoms with van der Waals surface area (Å²) < 4.78 is 0. The molecule has 0 aliphatic heterocycles. The summed E-state index contributed by atoms with van der Waals surface area (Å²) in [7, 11) is 0. The highest BCUT2D eigenvalue weighted by Gasteiger charge is 2.05. The van der Waals surface area contributed by atoms with Gasteiger partial charge in [-0.15, -0.1) is 0 Å². The van der Waals surface area contributed by atoms with Crippen LogP contribution < -0.4 is 0 Å². The molecule has 2 aromatic carbocycles. The van der Waals surface area contributed by atoms with E-state index >= 15 is 0 Å². The first kappa shape index (κ1) is 23.6. The molecular formula is C27H37N. The van der Waals surface area contributed by atoms with E-state index in [-0.39, 0.29) is 0 Å². The Kier molecular flexibility index (Phi) is 10.9. The molecule has 0 saturated heterocycles. The molecule has 0 bridgehead atoms. The summed E-state index contributed by atoms with van der Waals surface area (Å²) in [5.41, 5.74) is 7.48. The molecule has 0 radical (unpaired) electrons. The van der Waals surface area contributed by atoms with Crippen LogP contribution in [-0.4, -0.2) is 12.3 Å². The summed E-state index contributed by atoms with van der Waals surface area (Å²) >= 11 is 0. The van der Waals surface area contributed by atoms with Crippen molar-refractivity contribution in [3.63, 3.8) is 0 Å². The van der Waals surface area contributed by atoms with Crippen LogP contribution >= 0.6 is 0 Å². The van der Waals surface area contributed by atoms with Gasteiger partial charge in [-0.2, -0.15) is 0 Å². The summed E-state index contributed by atoms with van der Waals surface area (Å²) in [4.78, 5) is 4.54. The lowest BCUT2D eigenvalue weighted by Gasteiger charge is -2.11. The lowest BCUT2D eigenvalue weighted by molar-refractivity contribution is 0.733. The van der Waals surface area contributed by atoms with Crippen LogP contribution in [0.1, 0.15) is 76.1 Å². The second-order valence-electron chi connectivity index (χ2n) is 7.13. The summed E-state index contributed by atoms with van der Waals surface area (Å²) in [5, 5.41) is 0. The van der Waals surface area contributed by atoms with Crippen LogP contribution in [0.25, 0.3) is 5.57 Å². The van der Waals surface area contributed by atoms with Crippen molar-refractivity contribution in [3.8, 4) is 0 Å². The van der Waals surface area contributed by atoms with E-state index in [0.29, 0.717) is 5.92 Å². The van der Waals surface area contributed by atoms with E-state index in [4.69, 9.17) is 0 Å². The van der Waals surface area contributed by atoms with Gasteiger partial charge in [-0.1, -0.05) is 81.5 Å². The highest BCUT2D eigenvalue weighted by atomic mass is 14.7. The molecule has 0 aliphatic rings. The van der Waals surface area contributed by atoms with Crippen LogP contribution in [0.3, 0.4) is 0 Å². The zero-order valence-corrected chi connectivity index (χ0v) is 18.6. The average molecular weight is 376 g/mol. The number of aliphatic imine (C=N–C) groups is 1. The van der Waals surface area contributed by atoms with Gasteiger partial charge in [0.15, 0.2) is 0 Å². The SMILES string of the molecule is C/C=C\C(=NCC)c1cccc(C(C)CC)c1.C=C(C)c1cccc(CC)c1. The largest absolute Gasteiger partial charge is 0.285 e. The molecule has 2 rings (SSSR count). The molecule has 0 spiro atoms. The predicted octanol–water partition coefficient (Wildman–Crippen LogP) is 7.87. The molecule has 0 aromatic heterocycles. The van der Waals surface area contributed by atoms with Crippen LogP contribution in [0, 0.1) is 0 Å². The molecule has 150 valence electrons. The fourth-order valence-electron chi connectivity index (χ4n) is 2.87. The Morgan fingerprint density at radius 3 is 2.29 bits per heavy atom. The fourth-order valence-corrected chi connectivity index (χ4v) is 2.87. The first-order chi connectivity index (χ1) is 13.5. The average Bonchev–Trinajstić information content (AvgIpc) is 2.73. The molecule has 1 atom stereocenters. The van der Waals surface area contributed by atoms with Crippen molar-refractivity contribution in [1.82, 2.24) is 0 Å². The van der Waals surface area contributed by atoms with E-state index in [2.05, 4.69) is 93.9 Å². The summed E-state index contributed by atoms with van der Waals surface area (Å²) in [6, 6.07) is 17.3. The summed E-state index contributed by atoms with van der Waals surface area (Å²) in [6.07, 6.45) is 6.40. The van der Waals surface area contributed by atoms with Gasteiger partial charge in [0.1, 0.15) is 0 Å². The van der Waals surface area contributed by atoms with E-state index in [0.717, 1.165) is 24.3 Å². The van der Waals surface area contributed by atoms with Crippen molar-refractivity contribution in [2.24, 2.45) is 4.99 Å². The number of aryl methyl sites for hydroxylation is 1. The Hall–Kier alpha value is -2.41. The van der Waals surface area contributed by atoms with Gasteiger partial charge in [0.05, 0.1) is 5.71 Å². The molecular weight excluding hydrogens is 338 g/mol. The van der Waals surface area contributed by atoms with Gasteiger partial charge in [-0.05, 0) is 73.9 Å². The van der Waals surface area contributed by atoms with E-state index in [9.17, 15) is 0 Å². The van der Waals surface area contributed by atoms with Crippen LogP contribution in [0.15, 0.2) is 72.3 Å². The second-order valence-corrected chi connectivity index (χ2v) is 7.13. The van der Waals surface area contributed by atoms with E-state index in [1.807, 2.05) is 19.9 Å². The minimum atomic E-state index is 0.614. The number of hydrogen-bond acceptors (Lipinski definition) is 1. The Labute approximate surface area is 172 Å². The van der Waals surface area contributed by atoms with Crippen molar-refractivity contribution in [3.05, 3.63) is 89.5 Å². The van der Waals surface area contributed by atoms with Crippen LogP contribution in [0.2, 0.25) is 0 Å². The third-order valence-corrected chi connectivity index (χ3v) is 4.84. The van der Waals surface area contributed by atoms with E-state index in [1.165, 1.54) is 28.7 Å². The lowest BCUT2D eigenvalue weighted by atomic mass is 9.95. The molecule has 28 heavy (non-hydrogen) atoms. The second kappa shape index (κ2) is 12.9. The van der Waals surface area contributed by atoms with Gasteiger partial charge in [0.2, 0.25) is 0 Å². The topological polar surface area (TPSA) is 12.4 Å². The number of hydrogen-bond donors (Lipinski definition) is 0. The molecule has 0 amide bonds. The zero-order chi connectivity index (χ0) is 20.9. The molecule has 0 N–H and O–H groups in total. The minimum Gasteiger partial charge on any atom is -0.285 e. The fraction of sp³-hybridized carbons (Fsp3) is 0.370. The quantitative estimate of drug-likeness (QED) is 0.437. The third kappa shape index (κ3) is 7.68. The normalized spacial score (nSPS) is 12.4. The van der Waals surface area contributed by atoms with E-state index < -0.39 is 0 Å². The Morgan fingerprint density at radius 2 is 1.71 bits per heavy atom. The van der Waals surface area contributed by atoms with Crippen molar-refractivity contribution >= 4 is 11.3 Å². The molecule has 1 nitrogen and oxygen atoms in total.